The maximum Gasteiger partial charge on any atom is 0.223 e. The molecule has 3 rings (SSSR count). The van der Waals surface area contributed by atoms with Gasteiger partial charge in [-0.3, -0.25) is 4.79 Å². The molecule has 2 atom stereocenters. The smallest absolute Gasteiger partial charge is 0.223 e. The predicted octanol–water partition coefficient (Wildman–Crippen LogP) is 3.74. The molecule has 23 heavy (non-hydrogen) atoms. The molecule has 0 bridgehead atoms. The summed E-state index contributed by atoms with van der Waals surface area (Å²) in [7, 11) is 0. The van der Waals surface area contributed by atoms with E-state index in [0.717, 1.165) is 49.6 Å². The van der Waals surface area contributed by atoms with E-state index in [0.29, 0.717) is 18.2 Å². The lowest BCUT2D eigenvalue weighted by molar-refractivity contribution is -0.135. The van der Waals surface area contributed by atoms with Crippen molar-refractivity contribution in [1.29, 1.82) is 0 Å². The third-order valence-corrected chi connectivity index (χ3v) is 5.74. The highest BCUT2D eigenvalue weighted by molar-refractivity contribution is 7.09. The van der Waals surface area contributed by atoms with E-state index in [4.69, 9.17) is 0 Å². The summed E-state index contributed by atoms with van der Waals surface area (Å²) in [5.74, 6) is 1.03. The Bertz CT molecular complexity index is 491. The van der Waals surface area contributed by atoms with Crippen LogP contribution in [0.15, 0.2) is 5.38 Å². The standard InChI is InChI=1S/C16H25N3OS.2ClH/c1-12-11-21-16(18-12)14-4-2-3-9-19(14)15(20)6-5-13-7-8-17-10-13;;/h11,13-14,17H,2-10H2,1H3;2*1H. The fraction of sp³-hybridized carbons (Fsp3) is 0.750. The fourth-order valence-electron chi connectivity index (χ4n) is 3.44. The number of nitrogens with one attached hydrogen (secondary N) is 1. The number of aryl methyl sites for hydroxylation is 1. The second kappa shape index (κ2) is 9.82. The Morgan fingerprint density at radius 2 is 2.22 bits per heavy atom. The molecule has 0 aromatic carbocycles. The zero-order valence-corrected chi connectivity index (χ0v) is 16.1. The van der Waals surface area contributed by atoms with E-state index in [1.165, 1.54) is 12.8 Å². The Kier molecular flexibility index (Phi) is 8.83. The third-order valence-electron chi connectivity index (χ3n) is 4.67. The molecular formula is C16H27Cl2N3OS. The number of hydrogen-bond acceptors (Lipinski definition) is 4. The van der Waals surface area contributed by atoms with Gasteiger partial charge in [0.2, 0.25) is 5.91 Å². The average Bonchev–Trinajstić information content (AvgIpc) is 3.16. The molecule has 7 heteroatoms. The van der Waals surface area contributed by atoms with E-state index in [1.54, 1.807) is 11.3 Å². The number of piperidine rings is 1. The van der Waals surface area contributed by atoms with Crippen LogP contribution in [-0.4, -0.2) is 35.4 Å². The molecule has 132 valence electrons. The second-order valence-electron chi connectivity index (χ2n) is 6.32. The van der Waals surface area contributed by atoms with Crippen LogP contribution in [0.2, 0.25) is 0 Å². The largest absolute Gasteiger partial charge is 0.333 e. The molecule has 0 saturated carbocycles. The molecule has 1 amide bonds. The van der Waals surface area contributed by atoms with Crippen LogP contribution in [-0.2, 0) is 4.79 Å². The van der Waals surface area contributed by atoms with E-state index >= 15 is 0 Å². The first-order valence-electron chi connectivity index (χ1n) is 8.16. The lowest BCUT2D eigenvalue weighted by Gasteiger charge is -2.35. The van der Waals surface area contributed by atoms with Crippen LogP contribution in [0.25, 0.3) is 0 Å². The van der Waals surface area contributed by atoms with Gasteiger partial charge < -0.3 is 10.2 Å². The van der Waals surface area contributed by atoms with Crippen molar-refractivity contribution >= 4 is 42.1 Å². The molecule has 2 fully saturated rings. The van der Waals surface area contributed by atoms with Crippen LogP contribution < -0.4 is 5.32 Å². The number of thiazole rings is 1. The first-order chi connectivity index (χ1) is 10.2. The van der Waals surface area contributed by atoms with Crippen LogP contribution in [0.3, 0.4) is 0 Å². The third kappa shape index (κ3) is 5.31. The minimum Gasteiger partial charge on any atom is -0.333 e. The van der Waals surface area contributed by atoms with Crippen molar-refractivity contribution in [3.8, 4) is 0 Å². The lowest BCUT2D eigenvalue weighted by atomic mass is 9.99. The van der Waals surface area contributed by atoms with Crippen molar-refractivity contribution < 1.29 is 4.79 Å². The number of nitrogens with zero attached hydrogens (tertiary/aromatic N) is 2. The summed E-state index contributed by atoms with van der Waals surface area (Å²) in [6.07, 6.45) is 6.38. The molecular weight excluding hydrogens is 353 g/mol. The summed E-state index contributed by atoms with van der Waals surface area (Å²) in [6, 6.07) is 0.228. The molecule has 1 N–H and O–H groups in total. The fourth-order valence-corrected chi connectivity index (χ4v) is 4.39. The van der Waals surface area contributed by atoms with Gasteiger partial charge in [-0.1, -0.05) is 0 Å². The Balaban J connectivity index is 0.00000132. The monoisotopic (exact) mass is 379 g/mol. The first kappa shape index (κ1) is 20.7. The van der Waals surface area contributed by atoms with Crippen LogP contribution in [0.4, 0.5) is 0 Å². The topological polar surface area (TPSA) is 45.2 Å². The summed E-state index contributed by atoms with van der Waals surface area (Å²) in [4.78, 5) is 19.3. The Labute approximate surface area is 155 Å². The number of hydrogen-bond donors (Lipinski definition) is 1. The van der Waals surface area contributed by atoms with Gasteiger partial charge in [-0.25, -0.2) is 4.98 Å². The molecule has 1 aromatic heterocycles. The number of halogens is 2. The van der Waals surface area contributed by atoms with Crippen LogP contribution >= 0.6 is 36.2 Å². The zero-order chi connectivity index (χ0) is 14.7. The quantitative estimate of drug-likeness (QED) is 0.866. The SMILES string of the molecule is Cc1csc(C2CCCCN2C(=O)CCC2CCNC2)n1.Cl.Cl. The Hall–Kier alpha value is -0.360. The number of aromatic nitrogens is 1. The molecule has 0 aliphatic carbocycles. The molecule has 2 unspecified atom stereocenters. The van der Waals surface area contributed by atoms with Gasteiger partial charge in [0, 0.05) is 24.0 Å². The zero-order valence-electron chi connectivity index (χ0n) is 13.6. The highest BCUT2D eigenvalue weighted by Crippen LogP contribution is 2.33. The van der Waals surface area contributed by atoms with E-state index < -0.39 is 0 Å². The van der Waals surface area contributed by atoms with Crippen molar-refractivity contribution in [1.82, 2.24) is 15.2 Å². The van der Waals surface area contributed by atoms with E-state index in [2.05, 4.69) is 20.6 Å². The summed E-state index contributed by atoms with van der Waals surface area (Å²) in [5, 5.41) is 6.60. The Morgan fingerprint density at radius 1 is 1.39 bits per heavy atom. The number of likely N-dealkylation sites (tertiary alicyclic amines) is 1. The summed E-state index contributed by atoms with van der Waals surface area (Å²) < 4.78 is 0. The minimum atomic E-state index is 0. The van der Waals surface area contributed by atoms with Gasteiger partial charge in [0.15, 0.2) is 0 Å². The van der Waals surface area contributed by atoms with Gasteiger partial charge >= 0.3 is 0 Å². The van der Waals surface area contributed by atoms with Crippen LogP contribution in [0.5, 0.6) is 0 Å². The first-order valence-corrected chi connectivity index (χ1v) is 9.04. The van der Waals surface area contributed by atoms with Gasteiger partial charge in [-0.2, -0.15) is 0 Å². The number of rotatable bonds is 4. The van der Waals surface area contributed by atoms with E-state index in [-0.39, 0.29) is 30.9 Å². The summed E-state index contributed by atoms with van der Waals surface area (Å²) in [6.45, 7) is 5.14. The van der Waals surface area contributed by atoms with Gasteiger partial charge in [-0.15, -0.1) is 36.2 Å². The molecule has 2 aliphatic rings. The van der Waals surface area contributed by atoms with Gasteiger partial charge in [0.25, 0.3) is 0 Å². The molecule has 0 spiro atoms. The predicted molar refractivity (Wildman–Crippen MR) is 99.9 cm³/mol. The number of carbonyl (C=O) groups excluding carboxylic acids is 1. The highest BCUT2D eigenvalue weighted by atomic mass is 35.5. The molecule has 2 aliphatic heterocycles. The summed E-state index contributed by atoms with van der Waals surface area (Å²) in [5.41, 5.74) is 1.07. The normalized spacial score (nSPS) is 24.0. The molecule has 3 heterocycles. The number of amides is 1. The van der Waals surface area contributed by atoms with Crippen molar-refractivity contribution in [2.24, 2.45) is 5.92 Å². The minimum absolute atomic E-state index is 0. The molecule has 2 saturated heterocycles. The molecule has 0 radical (unpaired) electrons. The van der Waals surface area contributed by atoms with Crippen LogP contribution in [0, 0.1) is 12.8 Å². The summed E-state index contributed by atoms with van der Waals surface area (Å²) >= 11 is 1.71. The van der Waals surface area contributed by atoms with Crippen LogP contribution in [0.1, 0.15) is 55.3 Å². The average molecular weight is 380 g/mol. The Morgan fingerprint density at radius 3 is 2.87 bits per heavy atom. The maximum absolute atomic E-state index is 12.6. The lowest BCUT2D eigenvalue weighted by Crippen LogP contribution is -2.38. The maximum atomic E-state index is 12.6. The van der Waals surface area contributed by atoms with Crippen molar-refractivity contribution in [3.63, 3.8) is 0 Å². The second-order valence-corrected chi connectivity index (χ2v) is 7.21. The molecule has 1 aromatic rings. The molecule has 4 nitrogen and oxygen atoms in total. The highest BCUT2D eigenvalue weighted by Gasteiger charge is 2.30. The van der Waals surface area contributed by atoms with E-state index in [9.17, 15) is 4.79 Å². The van der Waals surface area contributed by atoms with Gasteiger partial charge in [0.05, 0.1) is 6.04 Å². The van der Waals surface area contributed by atoms with E-state index in [1.807, 2.05) is 6.92 Å². The number of carbonyl (C=O) groups is 1. The van der Waals surface area contributed by atoms with Crippen molar-refractivity contribution in [2.45, 2.75) is 51.5 Å². The van der Waals surface area contributed by atoms with Gasteiger partial charge in [0.1, 0.15) is 5.01 Å². The van der Waals surface area contributed by atoms with Crippen molar-refractivity contribution in [3.05, 3.63) is 16.1 Å². The van der Waals surface area contributed by atoms with Crippen molar-refractivity contribution in [2.75, 3.05) is 19.6 Å². The van der Waals surface area contributed by atoms with Gasteiger partial charge in [-0.05, 0) is 58.0 Å².